The highest BCUT2D eigenvalue weighted by Crippen LogP contribution is 2.31. The number of aryl methyl sites for hydroxylation is 1. The molecule has 0 unspecified atom stereocenters. The van der Waals surface area contributed by atoms with Crippen LogP contribution in [0.5, 0.6) is 0 Å². The van der Waals surface area contributed by atoms with Crippen molar-refractivity contribution >= 4 is 0 Å². The molecule has 0 atom stereocenters. The number of halogens is 3. The maximum absolute atomic E-state index is 12.6. The Hall–Kier alpha value is -1.86. The third-order valence-corrected chi connectivity index (χ3v) is 3.82. The minimum atomic E-state index is -4.36. The van der Waals surface area contributed by atoms with E-state index in [1.165, 1.54) is 12.1 Å². The lowest BCUT2D eigenvalue weighted by Crippen LogP contribution is -2.33. The number of aromatic nitrogens is 1. The monoisotopic (exact) mass is 342 g/mol. The molecule has 4 nitrogen and oxygen atoms in total. The number of nitrogens with zero attached hydrogens (tertiary/aromatic N) is 2. The first-order valence-electron chi connectivity index (χ1n) is 7.71. The molecule has 7 heteroatoms. The second-order valence-electron chi connectivity index (χ2n) is 5.88. The molecule has 0 aliphatic heterocycles. The van der Waals surface area contributed by atoms with Crippen molar-refractivity contribution in [2.24, 2.45) is 0 Å². The Morgan fingerprint density at radius 1 is 1.21 bits per heavy atom. The van der Waals surface area contributed by atoms with Crippen molar-refractivity contribution in [2.45, 2.75) is 39.5 Å². The summed E-state index contributed by atoms with van der Waals surface area (Å²) >= 11 is 0. The molecule has 0 aliphatic rings. The lowest BCUT2D eigenvalue weighted by Gasteiger charge is -2.24. The van der Waals surface area contributed by atoms with E-state index in [0.29, 0.717) is 36.0 Å². The van der Waals surface area contributed by atoms with Gasteiger partial charge in [0.05, 0.1) is 17.9 Å². The van der Waals surface area contributed by atoms with Crippen LogP contribution < -0.4 is 0 Å². The predicted molar refractivity (Wildman–Crippen MR) is 84.3 cm³/mol. The van der Waals surface area contributed by atoms with Gasteiger partial charge in [0.2, 0.25) is 5.89 Å². The van der Waals surface area contributed by atoms with Crippen LogP contribution in [0.3, 0.4) is 0 Å². The second-order valence-corrected chi connectivity index (χ2v) is 5.88. The van der Waals surface area contributed by atoms with E-state index in [4.69, 9.17) is 9.52 Å². The van der Waals surface area contributed by atoms with Gasteiger partial charge in [0.15, 0.2) is 0 Å². The fraction of sp³-hybridized carbons (Fsp3) is 0.471. The van der Waals surface area contributed by atoms with Gasteiger partial charge in [-0.3, -0.25) is 4.90 Å². The maximum atomic E-state index is 12.6. The number of hydrogen-bond acceptors (Lipinski definition) is 4. The number of oxazole rings is 1. The Labute approximate surface area is 138 Å². The quantitative estimate of drug-likeness (QED) is 0.866. The van der Waals surface area contributed by atoms with Gasteiger partial charge >= 0.3 is 6.18 Å². The summed E-state index contributed by atoms with van der Waals surface area (Å²) in [5, 5.41) is 9.13. The molecule has 0 amide bonds. The Kier molecular flexibility index (Phi) is 5.66. The van der Waals surface area contributed by atoms with Crippen LogP contribution >= 0.6 is 0 Å². The zero-order chi connectivity index (χ0) is 17.9. The van der Waals surface area contributed by atoms with Gasteiger partial charge in [0.25, 0.3) is 0 Å². The Morgan fingerprint density at radius 2 is 1.83 bits per heavy atom. The van der Waals surface area contributed by atoms with Crippen molar-refractivity contribution in [3.63, 3.8) is 0 Å². The van der Waals surface area contributed by atoms with E-state index in [0.717, 1.165) is 12.1 Å². The van der Waals surface area contributed by atoms with Gasteiger partial charge in [0, 0.05) is 24.7 Å². The van der Waals surface area contributed by atoms with Gasteiger partial charge < -0.3 is 9.52 Å². The standard InChI is InChI=1S/C17H21F3N2O2/c1-11(2)22(8-9-23)10-15-12(3)24-16(21-15)13-4-6-14(7-5-13)17(18,19)20/h4-7,11,23H,8-10H2,1-3H3. The molecule has 1 N–H and O–H groups in total. The number of alkyl halides is 3. The van der Waals surface area contributed by atoms with Crippen molar-refractivity contribution < 1.29 is 22.7 Å². The van der Waals surface area contributed by atoms with E-state index < -0.39 is 11.7 Å². The Bertz CT molecular complexity index is 663. The van der Waals surface area contributed by atoms with Crippen LogP contribution in [0.25, 0.3) is 11.5 Å². The summed E-state index contributed by atoms with van der Waals surface area (Å²) < 4.78 is 43.5. The minimum absolute atomic E-state index is 0.0425. The largest absolute Gasteiger partial charge is 0.441 e. The molecule has 2 rings (SSSR count). The fourth-order valence-corrected chi connectivity index (χ4v) is 2.34. The number of hydrogen-bond donors (Lipinski definition) is 1. The zero-order valence-corrected chi connectivity index (χ0v) is 13.9. The van der Waals surface area contributed by atoms with Crippen molar-refractivity contribution in [3.8, 4) is 11.5 Å². The molecule has 1 aromatic heterocycles. The molecular weight excluding hydrogens is 321 g/mol. The molecule has 24 heavy (non-hydrogen) atoms. The van der Waals surface area contributed by atoms with Crippen molar-refractivity contribution in [1.82, 2.24) is 9.88 Å². The lowest BCUT2D eigenvalue weighted by atomic mass is 10.1. The molecule has 0 bridgehead atoms. The highest BCUT2D eigenvalue weighted by atomic mass is 19.4. The van der Waals surface area contributed by atoms with Gasteiger partial charge in [-0.05, 0) is 45.0 Å². The Balaban J connectivity index is 2.22. The van der Waals surface area contributed by atoms with E-state index >= 15 is 0 Å². The first kappa shape index (κ1) is 18.5. The summed E-state index contributed by atoms with van der Waals surface area (Å²) in [7, 11) is 0. The summed E-state index contributed by atoms with van der Waals surface area (Å²) in [5.74, 6) is 0.914. The summed E-state index contributed by atoms with van der Waals surface area (Å²) in [6.45, 7) is 6.87. The van der Waals surface area contributed by atoms with E-state index in [-0.39, 0.29) is 12.6 Å². The van der Waals surface area contributed by atoms with E-state index in [2.05, 4.69) is 4.98 Å². The van der Waals surface area contributed by atoms with Crippen LogP contribution in [0.2, 0.25) is 0 Å². The molecule has 0 aliphatic carbocycles. The molecule has 1 heterocycles. The van der Waals surface area contributed by atoms with Gasteiger partial charge in [-0.15, -0.1) is 0 Å². The van der Waals surface area contributed by atoms with Gasteiger partial charge in [0.1, 0.15) is 5.76 Å². The van der Waals surface area contributed by atoms with Crippen LogP contribution in [0.15, 0.2) is 28.7 Å². The number of aliphatic hydroxyl groups is 1. The average Bonchev–Trinajstić information content (AvgIpc) is 2.87. The maximum Gasteiger partial charge on any atom is 0.416 e. The molecular formula is C17H21F3N2O2. The summed E-state index contributed by atoms with van der Waals surface area (Å²) in [6, 6.07) is 4.96. The van der Waals surface area contributed by atoms with Gasteiger partial charge in [-0.25, -0.2) is 4.98 Å². The lowest BCUT2D eigenvalue weighted by molar-refractivity contribution is -0.137. The molecule has 0 saturated carbocycles. The number of benzene rings is 1. The molecule has 0 spiro atoms. The summed E-state index contributed by atoms with van der Waals surface area (Å²) in [4.78, 5) is 6.45. The van der Waals surface area contributed by atoms with Gasteiger partial charge in [-0.2, -0.15) is 13.2 Å². The van der Waals surface area contributed by atoms with E-state index in [9.17, 15) is 13.2 Å². The average molecular weight is 342 g/mol. The highest BCUT2D eigenvalue weighted by Gasteiger charge is 2.30. The minimum Gasteiger partial charge on any atom is -0.441 e. The third-order valence-electron chi connectivity index (χ3n) is 3.82. The van der Waals surface area contributed by atoms with Crippen LogP contribution in [-0.4, -0.2) is 34.2 Å². The van der Waals surface area contributed by atoms with Crippen LogP contribution in [0.1, 0.15) is 30.9 Å². The molecule has 2 aromatic rings. The highest BCUT2D eigenvalue weighted by molar-refractivity contribution is 5.54. The van der Waals surface area contributed by atoms with Crippen molar-refractivity contribution in [1.29, 1.82) is 0 Å². The second kappa shape index (κ2) is 7.36. The molecule has 0 saturated heterocycles. The van der Waals surface area contributed by atoms with Gasteiger partial charge in [-0.1, -0.05) is 0 Å². The SMILES string of the molecule is Cc1oc(-c2ccc(C(F)(F)F)cc2)nc1CN(CCO)C(C)C. The molecule has 0 radical (unpaired) electrons. The first-order chi connectivity index (χ1) is 11.2. The molecule has 1 aromatic carbocycles. The molecule has 132 valence electrons. The normalized spacial score (nSPS) is 12.4. The Morgan fingerprint density at radius 3 is 2.33 bits per heavy atom. The van der Waals surface area contributed by atoms with Crippen molar-refractivity contribution in [2.75, 3.05) is 13.2 Å². The van der Waals surface area contributed by atoms with Crippen LogP contribution in [0, 0.1) is 6.92 Å². The number of aliphatic hydroxyl groups excluding tert-OH is 1. The predicted octanol–water partition coefficient (Wildman–Crippen LogP) is 3.87. The topological polar surface area (TPSA) is 49.5 Å². The van der Waals surface area contributed by atoms with Crippen molar-refractivity contribution in [3.05, 3.63) is 41.3 Å². The molecule has 0 fully saturated rings. The van der Waals surface area contributed by atoms with E-state index in [1.54, 1.807) is 6.92 Å². The van der Waals surface area contributed by atoms with E-state index in [1.807, 2.05) is 18.7 Å². The first-order valence-corrected chi connectivity index (χ1v) is 7.71. The zero-order valence-electron chi connectivity index (χ0n) is 13.9. The number of rotatable bonds is 6. The fourth-order valence-electron chi connectivity index (χ4n) is 2.34. The van der Waals surface area contributed by atoms with Crippen LogP contribution in [-0.2, 0) is 12.7 Å². The summed E-state index contributed by atoms with van der Waals surface area (Å²) in [6.07, 6.45) is -4.36. The third kappa shape index (κ3) is 4.36. The smallest absolute Gasteiger partial charge is 0.416 e. The van der Waals surface area contributed by atoms with Crippen LogP contribution in [0.4, 0.5) is 13.2 Å². The summed E-state index contributed by atoms with van der Waals surface area (Å²) in [5.41, 5.74) is 0.506.